The monoisotopic (exact) mass is 303 g/mol. The summed E-state index contributed by atoms with van der Waals surface area (Å²) < 4.78 is 17.7. The second-order valence-electron chi connectivity index (χ2n) is 6.14. The summed E-state index contributed by atoms with van der Waals surface area (Å²) in [5.74, 6) is 0.562. The predicted octanol–water partition coefficient (Wildman–Crippen LogP) is 3.41. The van der Waals surface area contributed by atoms with Crippen molar-refractivity contribution in [3.63, 3.8) is 0 Å². The van der Waals surface area contributed by atoms with E-state index >= 15 is 0 Å². The van der Waals surface area contributed by atoms with Crippen molar-refractivity contribution in [3.05, 3.63) is 47.0 Å². The maximum atomic E-state index is 13.0. The van der Waals surface area contributed by atoms with Crippen LogP contribution in [0.3, 0.4) is 0 Å². The van der Waals surface area contributed by atoms with Crippen LogP contribution in [0.5, 0.6) is 0 Å². The molecule has 1 atom stereocenters. The molecule has 3 rings (SSSR count). The Kier molecular flexibility index (Phi) is 4.83. The molecule has 1 N–H and O–H groups in total. The van der Waals surface area contributed by atoms with Gasteiger partial charge in [-0.3, -0.25) is 0 Å². The zero-order valence-corrected chi connectivity index (χ0v) is 12.9. The van der Waals surface area contributed by atoms with Gasteiger partial charge in [0.1, 0.15) is 17.2 Å². The first kappa shape index (κ1) is 15.2. The van der Waals surface area contributed by atoms with E-state index in [1.54, 1.807) is 0 Å². The highest BCUT2D eigenvalue weighted by Crippen LogP contribution is 2.31. The molecule has 1 heterocycles. The van der Waals surface area contributed by atoms with Crippen LogP contribution in [-0.2, 0) is 13.0 Å². The minimum atomic E-state index is -0.175. The van der Waals surface area contributed by atoms with E-state index in [2.05, 4.69) is 15.6 Å². The Hall–Kier alpha value is -1.75. The van der Waals surface area contributed by atoms with E-state index in [0.29, 0.717) is 12.6 Å². The summed E-state index contributed by atoms with van der Waals surface area (Å²) in [6.07, 6.45) is 5.92. The van der Waals surface area contributed by atoms with Gasteiger partial charge in [-0.15, -0.1) is 0 Å². The van der Waals surface area contributed by atoms with Crippen molar-refractivity contribution < 1.29 is 9.02 Å². The fourth-order valence-corrected chi connectivity index (χ4v) is 2.96. The Bertz CT molecular complexity index is 592. The lowest BCUT2D eigenvalue weighted by Crippen LogP contribution is -2.39. The topological polar surface area (TPSA) is 51.0 Å². The van der Waals surface area contributed by atoms with Gasteiger partial charge >= 0.3 is 0 Å². The normalized spacial score (nSPS) is 16.5. The van der Waals surface area contributed by atoms with Crippen LogP contribution in [0.4, 0.5) is 4.39 Å². The van der Waals surface area contributed by atoms with Gasteiger partial charge in [-0.1, -0.05) is 28.9 Å². The van der Waals surface area contributed by atoms with Gasteiger partial charge in [-0.05, 0) is 56.2 Å². The van der Waals surface area contributed by atoms with Crippen molar-refractivity contribution in [2.24, 2.45) is 5.92 Å². The zero-order valence-electron chi connectivity index (χ0n) is 12.9. The molecule has 0 saturated heterocycles. The average molecular weight is 303 g/mol. The van der Waals surface area contributed by atoms with E-state index in [1.165, 1.54) is 37.0 Å². The molecule has 0 bridgehead atoms. The molecule has 4 nitrogen and oxygen atoms in total. The van der Waals surface area contributed by atoms with Crippen molar-refractivity contribution in [1.82, 2.24) is 15.6 Å². The Morgan fingerprint density at radius 3 is 2.64 bits per heavy atom. The summed E-state index contributed by atoms with van der Waals surface area (Å²) in [5.41, 5.74) is 2.91. The third kappa shape index (κ3) is 3.71. The molecule has 1 aromatic heterocycles. The fraction of sp³-hybridized carbons (Fsp3) is 0.529. The van der Waals surface area contributed by atoms with Gasteiger partial charge in [-0.2, -0.15) is 0 Å². The quantitative estimate of drug-likeness (QED) is 0.851. The third-order valence-corrected chi connectivity index (χ3v) is 4.65. The maximum Gasteiger partial charge on any atom is 0.123 e. The number of benzene rings is 1. The molecule has 1 aromatic carbocycles. The van der Waals surface area contributed by atoms with Crippen LogP contribution in [0.2, 0.25) is 0 Å². The van der Waals surface area contributed by atoms with Gasteiger partial charge in [0.25, 0.3) is 0 Å². The molecule has 1 aliphatic carbocycles. The molecule has 0 unspecified atom stereocenters. The third-order valence-electron chi connectivity index (χ3n) is 4.65. The summed E-state index contributed by atoms with van der Waals surface area (Å²) in [6.45, 7) is 2.60. The van der Waals surface area contributed by atoms with Crippen LogP contribution in [-0.4, -0.2) is 16.4 Å². The molecule has 1 saturated carbocycles. The molecule has 22 heavy (non-hydrogen) atoms. The Morgan fingerprint density at radius 2 is 2.05 bits per heavy atom. The number of rotatable bonds is 7. The number of halogens is 1. The van der Waals surface area contributed by atoms with Crippen molar-refractivity contribution in [2.45, 2.75) is 51.6 Å². The molecule has 5 heteroatoms. The molecule has 0 aliphatic heterocycles. The van der Waals surface area contributed by atoms with E-state index in [0.717, 1.165) is 30.1 Å². The Balaban J connectivity index is 1.55. The minimum Gasteiger partial charge on any atom is -0.308 e. The Labute approximate surface area is 130 Å². The van der Waals surface area contributed by atoms with Crippen LogP contribution in [0, 0.1) is 18.7 Å². The summed E-state index contributed by atoms with van der Waals surface area (Å²) in [6, 6.07) is 7.28. The molecular weight excluding hydrogens is 281 g/mol. The van der Waals surface area contributed by atoms with Gasteiger partial charge in [0.15, 0.2) is 0 Å². The van der Waals surface area contributed by atoms with E-state index in [4.69, 9.17) is 4.63 Å². The first-order valence-corrected chi connectivity index (χ1v) is 7.98. The smallest absolute Gasteiger partial charge is 0.123 e. The highest BCUT2D eigenvalue weighted by Gasteiger charge is 2.27. The van der Waals surface area contributed by atoms with Gasteiger partial charge in [-0.25, -0.2) is 9.02 Å². The standard InChI is InChI=1S/C17H22FN3O/c1-12-17(21-22-20-12)11-19-16(14-3-2-4-14)10-7-13-5-8-15(18)9-6-13/h5-6,8-9,14,16,19H,2-4,7,10-11H2,1H3/t16-/m1/s1. The lowest BCUT2D eigenvalue weighted by molar-refractivity contribution is 0.216. The van der Waals surface area contributed by atoms with Crippen LogP contribution in [0.15, 0.2) is 28.9 Å². The van der Waals surface area contributed by atoms with Crippen molar-refractivity contribution in [3.8, 4) is 0 Å². The molecule has 0 radical (unpaired) electrons. The van der Waals surface area contributed by atoms with Crippen molar-refractivity contribution >= 4 is 0 Å². The maximum absolute atomic E-state index is 13.0. The first-order valence-electron chi connectivity index (χ1n) is 7.98. The SMILES string of the molecule is Cc1nonc1CN[C@H](CCc1ccc(F)cc1)C1CCC1. The lowest BCUT2D eigenvalue weighted by Gasteiger charge is -2.34. The predicted molar refractivity (Wildman–Crippen MR) is 81.7 cm³/mol. The van der Waals surface area contributed by atoms with E-state index in [1.807, 2.05) is 19.1 Å². The first-order chi connectivity index (χ1) is 10.7. The van der Waals surface area contributed by atoms with Gasteiger partial charge in [0.05, 0.1) is 0 Å². The van der Waals surface area contributed by atoms with Gasteiger partial charge < -0.3 is 5.32 Å². The average Bonchev–Trinajstić information content (AvgIpc) is 2.87. The fourth-order valence-electron chi connectivity index (χ4n) is 2.96. The summed E-state index contributed by atoms with van der Waals surface area (Å²) >= 11 is 0. The molecule has 2 aromatic rings. The molecule has 1 aliphatic rings. The minimum absolute atomic E-state index is 0.175. The molecule has 0 amide bonds. The summed E-state index contributed by atoms with van der Waals surface area (Å²) in [4.78, 5) is 0. The molecular formula is C17H22FN3O. The summed E-state index contributed by atoms with van der Waals surface area (Å²) in [5, 5.41) is 11.4. The van der Waals surface area contributed by atoms with E-state index in [9.17, 15) is 4.39 Å². The second kappa shape index (κ2) is 7.01. The number of nitrogens with one attached hydrogen (secondary N) is 1. The number of aromatic nitrogens is 2. The Morgan fingerprint density at radius 1 is 1.27 bits per heavy atom. The van der Waals surface area contributed by atoms with Crippen molar-refractivity contribution in [2.75, 3.05) is 0 Å². The number of hydrogen-bond acceptors (Lipinski definition) is 4. The number of nitrogens with zero attached hydrogens (tertiary/aromatic N) is 2. The zero-order chi connectivity index (χ0) is 15.4. The summed E-state index contributed by atoms with van der Waals surface area (Å²) in [7, 11) is 0. The van der Waals surface area contributed by atoms with E-state index < -0.39 is 0 Å². The van der Waals surface area contributed by atoms with Gasteiger partial charge in [0, 0.05) is 12.6 Å². The molecule has 0 spiro atoms. The lowest BCUT2D eigenvalue weighted by atomic mass is 9.78. The largest absolute Gasteiger partial charge is 0.308 e. The molecule has 1 fully saturated rings. The highest BCUT2D eigenvalue weighted by molar-refractivity contribution is 5.16. The number of hydrogen-bond donors (Lipinski definition) is 1. The van der Waals surface area contributed by atoms with Crippen LogP contribution >= 0.6 is 0 Å². The van der Waals surface area contributed by atoms with Crippen LogP contribution in [0.25, 0.3) is 0 Å². The second-order valence-corrected chi connectivity index (χ2v) is 6.14. The molecule has 118 valence electrons. The van der Waals surface area contributed by atoms with Crippen molar-refractivity contribution in [1.29, 1.82) is 0 Å². The highest BCUT2D eigenvalue weighted by atomic mass is 19.1. The van der Waals surface area contributed by atoms with Crippen LogP contribution in [0.1, 0.15) is 42.6 Å². The van der Waals surface area contributed by atoms with Gasteiger partial charge in [0.2, 0.25) is 0 Å². The number of aryl methyl sites for hydroxylation is 2. The van der Waals surface area contributed by atoms with Crippen LogP contribution < -0.4 is 5.32 Å². The van der Waals surface area contributed by atoms with E-state index in [-0.39, 0.29) is 5.82 Å².